The molecule has 0 spiro atoms. The second-order valence-corrected chi connectivity index (χ2v) is 7.67. The topological polar surface area (TPSA) is 61.4 Å². The summed E-state index contributed by atoms with van der Waals surface area (Å²) in [5, 5.41) is 6.02. The van der Waals surface area contributed by atoms with E-state index in [4.69, 9.17) is 0 Å². The molecule has 0 aromatic heterocycles. The molecule has 5 heteroatoms. The highest BCUT2D eigenvalue weighted by Gasteiger charge is 2.20. The molecule has 0 radical (unpaired) electrons. The van der Waals surface area contributed by atoms with Crippen LogP contribution in [-0.4, -0.2) is 32.0 Å². The largest absolute Gasteiger partial charge is 0.377 e. The molecular formula is C24H29N3O2. The van der Waals surface area contributed by atoms with Crippen molar-refractivity contribution < 1.29 is 9.59 Å². The van der Waals surface area contributed by atoms with Crippen molar-refractivity contribution in [2.75, 3.05) is 24.3 Å². The normalized spacial score (nSPS) is 14.6. The highest BCUT2D eigenvalue weighted by Crippen LogP contribution is 2.24. The molecule has 1 aliphatic rings. The van der Waals surface area contributed by atoms with E-state index in [0.717, 1.165) is 36.9 Å². The Kier molecular flexibility index (Phi) is 7.06. The number of benzene rings is 2. The van der Waals surface area contributed by atoms with E-state index in [1.807, 2.05) is 61.5 Å². The molecule has 2 aromatic carbocycles. The summed E-state index contributed by atoms with van der Waals surface area (Å²) < 4.78 is 0. The first-order chi connectivity index (χ1) is 14.0. The molecule has 1 aliphatic carbocycles. The molecule has 29 heavy (non-hydrogen) atoms. The zero-order valence-electron chi connectivity index (χ0n) is 17.2. The molecular weight excluding hydrogens is 362 g/mol. The van der Waals surface area contributed by atoms with Gasteiger partial charge in [-0.15, -0.1) is 0 Å². The van der Waals surface area contributed by atoms with Crippen LogP contribution in [0.3, 0.4) is 0 Å². The fourth-order valence-electron chi connectivity index (χ4n) is 3.62. The molecule has 2 amide bonds. The minimum absolute atomic E-state index is 0.0865. The minimum Gasteiger partial charge on any atom is -0.377 e. The Labute approximate surface area is 172 Å². The lowest BCUT2D eigenvalue weighted by Gasteiger charge is -2.24. The van der Waals surface area contributed by atoms with Crippen LogP contribution in [0, 0.1) is 0 Å². The predicted octanol–water partition coefficient (Wildman–Crippen LogP) is 4.47. The first-order valence-electron chi connectivity index (χ1n) is 10.2. The van der Waals surface area contributed by atoms with Crippen LogP contribution in [0.5, 0.6) is 0 Å². The first-order valence-corrected chi connectivity index (χ1v) is 10.2. The summed E-state index contributed by atoms with van der Waals surface area (Å²) in [5.41, 5.74) is 2.96. The van der Waals surface area contributed by atoms with E-state index in [0.29, 0.717) is 11.3 Å². The SMILES string of the molecule is CN(C)c1ccc(NC(=O)/C=C/c2ccccc2)cc1C(=O)NC1CCCCC1. The Morgan fingerprint density at radius 1 is 1.00 bits per heavy atom. The molecule has 2 N–H and O–H groups in total. The van der Waals surface area contributed by atoms with Gasteiger partial charge in [-0.2, -0.15) is 0 Å². The van der Waals surface area contributed by atoms with Crippen molar-refractivity contribution in [2.45, 2.75) is 38.1 Å². The van der Waals surface area contributed by atoms with E-state index in [9.17, 15) is 9.59 Å². The fraction of sp³-hybridized carbons (Fsp3) is 0.333. The molecule has 0 aliphatic heterocycles. The van der Waals surface area contributed by atoms with Crippen LogP contribution in [0.2, 0.25) is 0 Å². The van der Waals surface area contributed by atoms with Crippen molar-refractivity contribution in [2.24, 2.45) is 0 Å². The highest BCUT2D eigenvalue weighted by atomic mass is 16.2. The monoisotopic (exact) mass is 391 g/mol. The maximum Gasteiger partial charge on any atom is 0.253 e. The average molecular weight is 392 g/mol. The van der Waals surface area contributed by atoms with E-state index in [2.05, 4.69) is 10.6 Å². The number of hydrogen-bond donors (Lipinski definition) is 2. The Hall–Kier alpha value is -3.08. The van der Waals surface area contributed by atoms with Gasteiger partial charge in [0, 0.05) is 37.6 Å². The number of carbonyl (C=O) groups excluding carboxylic acids is 2. The second-order valence-electron chi connectivity index (χ2n) is 7.67. The summed E-state index contributed by atoms with van der Waals surface area (Å²) in [7, 11) is 3.82. The Bertz CT molecular complexity index is 869. The van der Waals surface area contributed by atoms with Crippen LogP contribution in [0.1, 0.15) is 48.0 Å². The molecule has 0 heterocycles. The maximum atomic E-state index is 12.9. The van der Waals surface area contributed by atoms with Gasteiger partial charge in [-0.3, -0.25) is 9.59 Å². The molecule has 0 atom stereocenters. The third kappa shape index (κ3) is 5.95. The summed E-state index contributed by atoms with van der Waals surface area (Å²) in [6, 6.07) is 15.3. The van der Waals surface area contributed by atoms with Gasteiger partial charge in [-0.05, 0) is 42.7 Å². The van der Waals surface area contributed by atoms with E-state index in [1.54, 1.807) is 12.1 Å². The van der Waals surface area contributed by atoms with Gasteiger partial charge in [-0.1, -0.05) is 49.6 Å². The number of anilines is 2. The van der Waals surface area contributed by atoms with Gasteiger partial charge in [0.1, 0.15) is 0 Å². The quantitative estimate of drug-likeness (QED) is 0.715. The lowest BCUT2D eigenvalue weighted by Crippen LogP contribution is -2.36. The van der Waals surface area contributed by atoms with E-state index >= 15 is 0 Å². The van der Waals surface area contributed by atoms with Gasteiger partial charge in [0.05, 0.1) is 5.56 Å². The van der Waals surface area contributed by atoms with Crippen LogP contribution in [0.25, 0.3) is 6.08 Å². The van der Waals surface area contributed by atoms with Gasteiger partial charge < -0.3 is 15.5 Å². The molecule has 5 nitrogen and oxygen atoms in total. The number of rotatable bonds is 6. The summed E-state index contributed by atoms with van der Waals surface area (Å²) in [6.07, 6.45) is 8.89. The zero-order chi connectivity index (χ0) is 20.6. The Balaban J connectivity index is 1.72. The third-order valence-electron chi connectivity index (χ3n) is 5.16. The molecule has 152 valence electrons. The van der Waals surface area contributed by atoms with Crippen LogP contribution >= 0.6 is 0 Å². The summed E-state index contributed by atoms with van der Waals surface area (Å²) in [6.45, 7) is 0. The Morgan fingerprint density at radius 2 is 1.72 bits per heavy atom. The van der Waals surface area contributed by atoms with Crippen molar-refractivity contribution in [1.29, 1.82) is 0 Å². The molecule has 1 saturated carbocycles. The maximum absolute atomic E-state index is 12.9. The van der Waals surface area contributed by atoms with Gasteiger partial charge >= 0.3 is 0 Å². The molecule has 1 fully saturated rings. The van der Waals surface area contributed by atoms with E-state index in [-0.39, 0.29) is 17.9 Å². The first kappa shape index (κ1) is 20.6. The van der Waals surface area contributed by atoms with Crippen LogP contribution in [0.15, 0.2) is 54.6 Å². The summed E-state index contributed by atoms with van der Waals surface area (Å²) in [4.78, 5) is 27.1. The molecule has 2 aromatic rings. The van der Waals surface area contributed by atoms with Crippen molar-refractivity contribution in [1.82, 2.24) is 5.32 Å². The van der Waals surface area contributed by atoms with Crippen molar-refractivity contribution in [3.63, 3.8) is 0 Å². The fourth-order valence-corrected chi connectivity index (χ4v) is 3.62. The van der Waals surface area contributed by atoms with Crippen molar-refractivity contribution in [3.8, 4) is 0 Å². The lowest BCUT2D eigenvalue weighted by molar-refractivity contribution is -0.111. The van der Waals surface area contributed by atoms with Gasteiger partial charge in [0.2, 0.25) is 5.91 Å². The number of amides is 2. The van der Waals surface area contributed by atoms with Crippen LogP contribution in [-0.2, 0) is 4.79 Å². The summed E-state index contributed by atoms with van der Waals surface area (Å²) in [5.74, 6) is -0.318. The minimum atomic E-state index is -0.231. The van der Waals surface area contributed by atoms with Crippen LogP contribution in [0.4, 0.5) is 11.4 Å². The van der Waals surface area contributed by atoms with E-state index < -0.39 is 0 Å². The number of nitrogens with one attached hydrogen (secondary N) is 2. The Morgan fingerprint density at radius 3 is 2.41 bits per heavy atom. The standard InChI is InChI=1S/C24H29N3O2/c1-27(2)22-15-14-20(25-23(28)16-13-18-9-5-3-6-10-18)17-21(22)24(29)26-19-11-7-4-8-12-19/h3,5-6,9-10,13-17,19H,4,7-8,11-12H2,1-2H3,(H,25,28)(H,26,29)/b16-13+. The van der Waals surface area contributed by atoms with Crippen molar-refractivity contribution >= 4 is 29.3 Å². The van der Waals surface area contributed by atoms with Gasteiger partial charge in [-0.25, -0.2) is 0 Å². The predicted molar refractivity (Wildman–Crippen MR) is 119 cm³/mol. The van der Waals surface area contributed by atoms with Gasteiger partial charge in [0.25, 0.3) is 5.91 Å². The number of carbonyl (C=O) groups is 2. The number of nitrogens with zero attached hydrogens (tertiary/aromatic N) is 1. The molecule has 3 rings (SSSR count). The van der Waals surface area contributed by atoms with Gasteiger partial charge in [0.15, 0.2) is 0 Å². The summed E-state index contributed by atoms with van der Waals surface area (Å²) >= 11 is 0. The lowest BCUT2D eigenvalue weighted by atomic mass is 9.95. The number of hydrogen-bond acceptors (Lipinski definition) is 3. The molecule has 0 unspecified atom stereocenters. The molecule has 0 bridgehead atoms. The van der Waals surface area contributed by atoms with E-state index in [1.165, 1.54) is 12.5 Å². The van der Waals surface area contributed by atoms with Crippen LogP contribution < -0.4 is 15.5 Å². The highest BCUT2D eigenvalue weighted by molar-refractivity contribution is 6.05. The third-order valence-corrected chi connectivity index (χ3v) is 5.16. The average Bonchev–Trinajstić information content (AvgIpc) is 2.73. The van der Waals surface area contributed by atoms with Crippen molar-refractivity contribution in [3.05, 3.63) is 65.7 Å². The smallest absolute Gasteiger partial charge is 0.253 e. The second kappa shape index (κ2) is 9.92. The zero-order valence-corrected chi connectivity index (χ0v) is 17.2. The molecule has 0 saturated heterocycles.